The zero-order valence-electron chi connectivity index (χ0n) is 15.2. The van der Waals surface area contributed by atoms with E-state index in [-0.39, 0.29) is 5.41 Å². The summed E-state index contributed by atoms with van der Waals surface area (Å²) in [5, 5.41) is 8.03. The molecule has 0 aromatic heterocycles. The summed E-state index contributed by atoms with van der Waals surface area (Å²) in [6, 6.07) is 8.77. The minimum atomic E-state index is 0.000772. The van der Waals surface area contributed by atoms with Crippen molar-refractivity contribution in [2.24, 2.45) is 4.99 Å². The van der Waals surface area contributed by atoms with E-state index in [1.165, 1.54) is 37.7 Å². The second-order valence-corrected chi connectivity index (χ2v) is 7.68. The van der Waals surface area contributed by atoms with Gasteiger partial charge in [0.25, 0.3) is 0 Å². The molecule has 138 valence electrons. The molecule has 0 atom stereocenters. The molecule has 1 aromatic rings. The fourth-order valence-electron chi connectivity index (χ4n) is 4.08. The second kappa shape index (κ2) is 8.91. The molecule has 3 rings (SSSR count). The number of nitrogens with one attached hydrogen (secondary N) is 2. The molecule has 1 saturated carbocycles. The van der Waals surface area contributed by atoms with Crippen LogP contribution >= 0.6 is 11.6 Å². The third-order valence-electron chi connectivity index (χ3n) is 5.66. The van der Waals surface area contributed by atoms with Gasteiger partial charge >= 0.3 is 0 Å². The van der Waals surface area contributed by atoms with Crippen molar-refractivity contribution in [3.63, 3.8) is 0 Å². The van der Waals surface area contributed by atoms with Gasteiger partial charge in [0.2, 0.25) is 0 Å². The van der Waals surface area contributed by atoms with E-state index in [1.807, 2.05) is 19.2 Å². The number of hydrogen-bond acceptors (Lipinski definition) is 2. The molecule has 0 unspecified atom stereocenters. The molecule has 4 nitrogen and oxygen atoms in total. The molecule has 25 heavy (non-hydrogen) atoms. The quantitative estimate of drug-likeness (QED) is 0.630. The average molecular weight is 364 g/mol. The van der Waals surface area contributed by atoms with Crippen molar-refractivity contribution < 1.29 is 4.74 Å². The first-order valence-corrected chi connectivity index (χ1v) is 9.91. The number of rotatable bonds is 4. The zero-order valence-corrected chi connectivity index (χ0v) is 15.9. The molecule has 0 bridgehead atoms. The molecule has 0 spiro atoms. The van der Waals surface area contributed by atoms with Crippen LogP contribution in [0, 0.1) is 0 Å². The fraction of sp³-hybridized carbons (Fsp3) is 0.650. The maximum Gasteiger partial charge on any atom is 0.191 e. The van der Waals surface area contributed by atoms with Crippen LogP contribution in [-0.2, 0) is 10.2 Å². The number of aliphatic imine (C=N–C) groups is 1. The van der Waals surface area contributed by atoms with Gasteiger partial charge in [-0.1, -0.05) is 49.1 Å². The minimum absolute atomic E-state index is 0.000772. The normalized spacial score (nSPS) is 21.8. The van der Waals surface area contributed by atoms with Crippen LogP contribution in [0.2, 0.25) is 5.02 Å². The Balaban J connectivity index is 1.69. The van der Waals surface area contributed by atoms with Gasteiger partial charge in [0.15, 0.2) is 5.96 Å². The molecule has 0 amide bonds. The number of hydrogen-bond donors (Lipinski definition) is 2. The molecule has 1 aromatic carbocycles. The Labute approximate surface area is 156 Å². The summed E-state index contributed by atoms with van der Waals surface area (Å²) < 4.78 is 5.62. The maximum atomic E-state index is 6.54. The monoisotopic (exact) mass is 363 g/mol. The van der Waals surface area contributed by atoms with E-state index in [0.717, 1.165) is 43.6 Å². The molecule has 1 aliphatic carbocycles. The number of halogens is 1. The third-order valence-corrected chi connectivity index (χ3v) is 5.99. The van der Waals surface area contributed by atoms with Gasteiger partial charge < -0.3 is 15.4 Å². The highest BCUT2D eigenvalue weighted by molar-refractivity contribution is 6.31. The van der Waals surface area contributed by atoms with E-state index >= 15 is 0 Å². The number of guanidine groups is 1. The molecule has 2 fully saturated rings. The van der Waals surface area contributed by atoms with E-state index in [1.54, 1.807) is 0 Å². The summed E-state index contributed by atoms with van der Waals surface area (Å²) in [7, 11) is 1.85. The van der Waals surface area contributed by atoms with E-state index in [0.29, 0.717) is 6.04 Å². The molecule has 1 saturated heterocycles. The first-order chi connectivity index (χ1) is 12.2. The summed E-state index contributed by atoms with van der Waals surface area (Å²) in [5.74, 6) is 0.907. The standard InChI is InChI=1S/C20H30ClN3O/c1-22-19(24-16-7-3-2-4-8-16)23-15-20(11-13-25-14-12-20)17-9-5-6-10-18(17)21/h5-6,9-10,16H,2-4,7-8,11-15H2,1H3,(H2,22,23,24). The summed E-state index contributed by atoms with van der Waals surface area (Å²) in [6.07, 6.45) is 8.42. The molecule has 5 heteroatoms. The van der Waals surface area contributed by atoms with Crippen molar-refractivity contribution >= 4 is 17.6 Å². The van der Waals surface area contributed by atoms with Crippen LogP contribution in [0.5, 0.6) is 0 Å². The molecular formula is C20H30ClN3O. The van der Waals surface area contributed by atoms with Crippen LogP contribution in [0.15, 0.2) is 29.3 Å². The van der Waals surface area contributed by atoms with Crippen molar-refractivity contribution in [1.82, 2.24) is 10.6 Å². The Kier molecular flexibility index (Phi) is 6.60. The lowest BCUT2D eigenvalue weighted by molar-refractivity contribution is 0.0514. The first kappa shape index (κ1) is 18.5. The fourth-order valence-corrected chi connectivity index (χ4v) is 4.42. The van der Waals surface area contributed by atoms with Crippen LogP contribution < -0.4 is 10.6 Å². The third kappa shape index (κ3) is 4.68. The highest BCUT2D eigenvalue weighted by Crippen LogP contribution is 2.38. The van der Waals surface area contributed by atoms with Crippen LogP contribution in [0.25, 0.3) is 0 Å². The Hall–Kier alpha value is -1.26. The predicted molar refractivity (Wildman–Crippen MR) is 105 cm³/mol. The molecular weight excluding hydrogens is 334 g/mol. The van der Waals surface area contributed by atoms with Crippen LogP contribution in [-0.4, -0.2) is 38.8 Å². The van der Waals surface area contributed by atoms with Gasteiger partial charge in [0.05, 0.1) is 0 Å². The van der Waals surface area contributed by atoms with E-state index in [9.17, 15) is 0 Å². The van der Waals surface area contributed by atoms with Crippen molar-refractivity contribution in [3.05, 3.63) is 34.9 Å². The van der Waals surface area contributed by atoms with Gasteiger partial charge in [-0.25, -0.2) is 0 Å². The van der Waals surface area contributed by atoms with E-state index in [4.69, 9.17) is 16.3 Å². The van der Waals surface area contributed by atoms with Crippen molar-refractivity contribution in [1.29, 1.82) is 0 Å². The Morgan fingerprint density at radius 2 is 1.92 bits per heavy atom. The Morgan fingerprint density at radius 1 is 1.20 bits per heavy atom. The Bertz CT molecular complexity index is 578. The summed E-state index contributed by atoms with van der Waals surface area (Å²) >= 11 is 6.54. The molecule has 1 aliphatic heterocycles. The molecule has 2 N–H and O–H groups in total. The average Bonchev–Trinajstić information content (AvgIpc) is 2.67. The van der Waals surface area contributed by atoms with Gasteiger partial charge in [-0.2, -0.15) is 0 Å². The van der Waals surface area contributed by atoms with Gasteiger partial charge in [0.1, 0.15) is 0 Å². The lowest BCUT2D eigenvalue weighted by Crippen LogP contribution is -2.50. The van der Waals surface area contributed by atoms with Gasteiger partial charge in [-0.3, -0.25) is 4.99 Å². The largest absolute Gasteiger partial charge is 0.381 e. The number of benzene rings is 1. The lowest BCUT2D eigenvalue weighted by atomic mass is 9.74. The maximum absolute atomic E-state index is 6.54. The smallest absolute Gasteiger partial charge is 0.191 e. The summed E-state index contributed by atoms with van der Waals surface area (Å²) in [5.41, 5.74) is 1.22. The zero-order chi connectivity index (χ0) is 17.5. The van der Waals surface area contributed by atoms with Gasteiger partial charge in [0, 0.05) is 43.3 Å². The first-order valence-electron chi connectivity index (χ1n) is 9.53. The summed E-state index contributed by atoms with van der Waals surface area (Å²) in [4.78, 5) is 4.44. The van der Waals surface area contributed by atoms with Gasteiger partial charge in [-0.15, -0.1) is 0 Å². The topological polar surface area (TPSA) is 45.7 Å². The highest BCUT2D eigenvalue weighted by atomic mass is 35.5. The lowest BCUT2D eigenvalue weighted by Gasteiger charge is -2.39. The van der Waals surface area contributed by atoms with Crippen molar-refractivity contribution in [3.8, 4) is 0 Å². The highest BCUT2D eigenvalue weighted by Gasteiger charge is 2.36. The van der Waals surface area contributed by atoms with Crippen molar-refractivity contribution in [2.45, 2.75) is 56.4 Å². The molecule has 0 radical (unpaired) electrons. The minimum Gasteiger partial charge on any atom is -0.381 e. The van der Waals surface area contributed by atoms with Crippen LogP contribution in [0.3, 0.4) is 0 Å². The van der Waals surface area contributed by atoms with Gasteiger partial charge in [-0.05, 0) is 37.3 Å². The van der Waals surface area contributed by atoms with Crippen LogP contribution in [0.4, 0.5) is 0 Å². The predicted octanol–water partition coefficient (Wildman–Crippen LogP) is 3.89. The van der Waals surface area contributed by atoms with Crippen molar-refractivity contribution in [2.75, 3.05) is 26.8 Å². The Morgan fingerprint density at radius 3 is 2.60 bits per heavy atom. The molecule has 2 aliphatic rings. The summed E-state index contributed by atoms with van der Waals surface area (Å²) in [6.45, 7) is 2.38. The van der Waals surface area contributed by atoms with Crippen LogP contribution in [0.1, 0.15) is 50.5 Å². The van der Waals surface area contributed by atoms with E-state index in [2.05, 4.69) is 27.8 Å². The second-order valence-electron chi connectivity index (χ2n) is 7.28. The number of nitrogens with zero attached hydrogens (tertiary/aromatic N) is 1. The van der Waals surface area contributed by atoms with E-state index < -0.39 is 0 Å². The SMILES string of the molecule is CN=C(NCC1(c2ccccc2Cl)CCOCC1)NC1CCCCC1. The number of ether oxygens (including phenoxy) is 1. The molecule has 1 heterocycles.